The molecule has 1 atom stereocenters. The molecule has 0 unspecified atom stereocenters. The molecular weight excluding hydrogens is 445 g/mol. The van der Waals surface area contributed by atoms with Gasteiger partial charge < -0.3 is 20.5 Å². The van der Waals surface area contributed by atoms with Gasteiger partial charge in [0.05, 0.1) is 16.8 Å². The van der Waals surface area contributed by atoms with Gasteiger partial charge in [-0.05, 0) is 53.6 Å². The van der Waals surface area contributed by atoms with Crippen LogP contribution in [0.3, 0.4) is 0 Å². The van der Waals surface area contributed by atoms with E-state index in [1.807, 2.05) is 24.3 Å². The average molecular weight is 466 g/mol. The van der Waals surface area contributed by atoms with Crippen molar-refractivity contribution < 1.29 is 23.8 Å². The number of nitrogens with one attached hydrogen (secondary N) is 2. The number of thiazole rings is 1. The number of hydrogen-bond acceptors (Lipinski definition) is 6. The molecule has 3 N–H and O–H groups in total. The second kappa shape index (κ2) is 9.76. The van der Waals surface area contributed by atoms with Crippen molar-refractivity contribution in [3.8, 4) is 11.1 Å². The fourth-order valence-electron chi connectivity index (χ4n) is 3.22. The van der Waals surface area contributed by atoms with Crippen molar-refractivity contribution in [3.63, 3.8) is 0 Å². The number of benzene rings is 3. The largest absolute Gasteiger partial charge is 0.480 e. The third kappa shape index (κ3) is 5.33. The molecule has 0 aliphatic carbocycles. The van der Waals surface area contributed by atoms with Crippen LogP contribution in [0.1, 0.15) is 10.4 Å². The number of carbonyl (C=O) groups is 2. The molecule has 7 nitrogen and oxygen atoms in total. The topological polar surface area (TPSA) is 101 Å². The van der Waals surface area contributed by atoms with Gasteiger partial charge in [0.1, 0.15) is 5.82 Å². The first kappa shape index (κ1) is 22.4. The van der Waals surface area contributed by atoms with Crippen molar-refractivity contribution in [1.82, 2.24) is 10.3 Å². The summed E-state index contributed by atoms with van der Waals surface area (Å²) in [7, 11) is 1.37. The molecule has 0 aliphatic rings. The van der Waals surface area contributed by atoms with Crippen LogP contribution in [0.2, 0.25) is 0 Å². The highest BCUT2D eigenvalue weighted by Gasteiger charge is 2.20. The van der Waals surface area contributed by atoms with Gasteiger partial charge in [0, 0.05) is 18.4 Å². The van der Waals surface area contributed by atoms with E-state index in [4.69, 9.17) is 9.84 Å². The van der Waals surface area contributed by atoms with E-state index in [1.165, 1.54) is 30.6 Å². The Bertz CT molecular complexity index is 1290. The second-order valence-electron chi connectivity index (χ2n) is 7.23. The van der Waals surface area contributed by atoms with Crippen molar-refractivity contribution in [2.24, 2.45) is 0 Å². The van der Waals surface area contributed by atoms with E-state index in [9.17, 15) is 14.0 Å². The minimum atomic E-state index is -1.16. The summed E-state index contributed by atoms with van der Waals surface area (Å²) in [4.78, 5) is 28.0. The Kier molecular flexibility index (Phi) is 6.62. The number of ether oxygens (including phenoxy) is 1. The zero-order valence-electron chi connectivity index (χ0n) is 17.5. The van der Waals surface area contributed by atoms with E-state index in [0.29, 0.717) is 10.7 Å². The fraction of sp³-hybridized carbons (Fsp3) is 0.125. The van der Waals surface area contributed by atoms with Crippen LogP contribution in [-0.4, -0.2) is 41.7 Å². The molecule has 0 fully saturated rings. The number of carboxylic acids is 1. The normalized spacial score (nSPS) is 11.8. The first-order chi connectivity index (χ1) is 15.9. The van der Waals surface area contributed by atoms with E-state index in [1.54, 1.807) is 30.3 Å². The highest BCUT2D eigenvalue weighted by atomic mass is 32.1. The second-order valence-corrected chi connectivity index (χ2v) is 8.26. The van der Waals surface area contributed by atoms with Crippen LogP contribution in [0.25, 0.3) is 21.3 Å². The van der Waals surface area contributed by atoms with Gasteiger partial charge in [0.15, 0.2) is 11.2 Å². The van der Waals surface area contributed by atoms with Gasteiger partial charge in [-0.1, -0.05) is 35.6 Å². The molecular formula is C24H20FN3O4S. The summed E-state index contributed by atoms with van der Waals surface area (Å²) in [5.41, 5.74) is 3.78. The Morgan fingerprint density at radius 2 is 1.73 bits per heavy atom. The van der Waals surface area contributed by atoms with Crippen molar-refractivity contribution in [2.45, 2.75) is 6.04 Å². The number of fused-ring (bicyclic) bond motifs is 1. The highest BCUT2D eigenvalue weighted by Crippen LogP contribution is 2.30. The van der Waals surface area contributed by atoms with Crippen molar-refractivity contribution >= 4 is 44.2 Å². The molecule has 1 aromatic heterocycles. The molecule has 33 heavy (non-hydrogen) atoms. The summed E-state index contributed by atoms with van der Waals surface area (Å²) in [6.45, 7) is -0.118. The lowest BCUT2D eigenvalue weighted by atomic mass is 10.0. The van der Waals surface area contributed by atoms with Crippen molar-refractivity contribution in [2.75, 3.05) is 19.0 Å². The number of amides is 1. The van der Waals surface area contributed by atoms with Crippen LogP contribution >= 0.6 is 11.3 Å². The van der Waals surface area contributed by atoms with Crippen molar-refractivity contribution in [1.29, 1.82) is 0 Å². The molecule has 0 saturated heterocycles. The monoisotopic (exact) mass is 465 g/mol. The summed E-state index contributed by atoms with van der Waals surface area (Å²) in [5.74, 6) is -1.93. The number of methoxy groups -OCH3 is 1. The van der Waals surface area contributed by atoms with Crippen LogP contribution in [0.5, 0.6) is 0 Å². The first-order valence-electron chi connectivity index (χ1n) is 9.99. The number of hydrogen-bond donors (Lipinski definition) is 3. The summed E-state index contributed by atoms with van der Waals surface area (Å²) >= 11 is 1.38. The average Bonchev–Trinajstić information content (AvgIpc) is 3.20. The molecule has 168 valence electrons. The van der Waals surface area contributed by atoms with Gasteiger partial charge in [-0.2, -0.15) is 0 Å². The number of carbonyl (C=O) groups excluding carboxylic acids is 1. The molecule has 3 aromatic carbocycles. The molecule has 0 saturated carbocycles. The van der Waals surface area contributed by atoms with Gasteiger partial charge in [-0.15, -0.1) is 0 Å². The van der Waals surface area contributed by atoms with Crippen LogP contribution in [-0.2, 0) is 9.53 Å². The Morgan fingerprint density at radius 3 is 2.36 bits per heavy atom. The first-order valence-corrected chi connectivity index (χ1v) is 10.8. The number of rotatable bonds is 8. The quantitative estimate of drug-likeness (QED) is 0.350. The molecule has 0 bridgehead atoms. The van der Waals surface area contributed by atoms with Crippen LogP contribution < -0.4 is 10.6 Å². The van der Waals surface area contributed by atoms with E-state index in [0.717, 1.165) is 27.0 Å². The molecule has 4 rings (SSSR count). The Morgan fingerprint density at radius 1 is 1.06 bits per heavy atom. The number of nitrogens with zero attached hydrogens (tertiary/aromatic N) is 1. The number of carboxylic acid groups (broad SMARTS) is 1. The summed E-state index contributed by atoms with van der Waals surface area (Å²) in [6, 6.07) is 17.9. The maximum Gasteiger partial charge on any atom is 0.328 e. The zero-order valence-corrected chi connectivity index (χ0v) is 18.4. The summed E-state index contributed by atoms with van der Waals surface area (Å²) < 4.78 is 19.0. The van der Waals surface area contributed by atoms with Gasteiger partial charge in [-0.3, -0.25) is 4.79 Å². The lowest BCUT2D eigenvalue weighted by molar-refractivity contribution is -0.140. The molecule has 1 heterocycles. The Hall–Kier alpha value is -3.82. The Balaban J connectivity index is 1.43. The molecule has 0 aliphatic heterocycles. The summed E-state index contributed by atoms with van der Waals surface area (Å²) in [5, 5.41) is 15.5. The molecule has 1 amide bonds. The minimum Gasteiger partial charge on any atom is -0.480 e. The number of anilines is 2. The lowest BCUT2D eigenvalue weighted by Crippen LogP contribution is -2.43. The molecule has 0 spiro atoms. The smallest absolute Gasteiger partial charge is 0.328 e. The molecule has 9 heteroatoms. The fourth-order valence-corrected chi connectivity index (χ4v) is 4.13. The number of aliphatic carboxylic acids is 1. The van der Waals surface area contributed by atoms with E-state index in [-0.39, 0.29) is 12.4 Å². The highest BCUT2D eigenvalue weighted by molar-refractivity contribution is 7.22. The zero-order chi connectivity index (χ0) is 23.4. The number of halogens is 1. The maximum atomic E-state index is 13.4. The number of aromatic nitrogens is 1. The predicted molar refractivity (Wildman–Crippen MR) is 126 cm³/mol. The third-order valence-electron chi connectivity index (χ3n) is 4.90. The standard InChI is InChI=1S/C24H20FN3O4S/c1-32-13-20(23(30)31)27-22(29)16-4-2-14(3-5-16)15-6-9-18(10-7-15)26-24-28-19-11-8-17(25)12-21(19)33-24/h2-12,20H,13H2,1H3,(H,26,28)(H,27,29)(H,30,31)/t20-/m0/s1. The third-order valence-corrected chi connectivity index (χ3v) is 5.84. The van der Waals surface area contributed by atoms with E-state index >= 15 is 0 Å². The van der Waals surface area contributed by atoms with Gasteiger partial charge in [0.2, 0.25) is 0 Å². The Labute approximate surface area is 192 Å². The van der Waals surface area contributed by atoms with Gasteiger partial charge in [-0.25, -0.2) is 14.2 Å². The van der Waals surface area contributed by atoms with Crippen molar-refractivity contribution in [3.05, 3.63) is 78.1 Å². The van der Waals surface area contributed by atoms with E-state index < -0.39 is 17.9 Å². The van der Waals surface area contributed by atoms with Gasteiger partial charge in [0.25, 0.3) is 5.91 Å². The predicted octanol–water partition coefficient (Wildman–Crippen LogP) is 4.68. The summed E-state index contributed by atoms with van der Waals surface area (Å²) in [6.07, 6.45) is 0. The van der Waals surface area contributed by atoms with Crippen LogP contribution in [0.15, 0.2) is 66.7 Å². The lowest BCUT2D eigenvalue weighted by Gasteiger charge is -2.13. The van der Waals surface area contributed by atoms with E-state index in [2.05, 4.69) is 15.6 Å². The molecule has 0 radical (unpaired) electrons. The maximum absolute atomic E-state index is 13.4. The molecule has 4 aromatic rings. The SMILES string of the molecule is COC[C@H](NC(=O)c1ccc(-c2ccc(Nc3nc4ccc(F)cc4s3)cc2)cc1)C(=O)O. The minimum absolute atomic E-state index is 0.118. The van der Waals surface area contributed by atoms with Gasteiger partial charge >= 0.3 is 5.97 Å². The van der Waals surface area contributed by atoms with Crippen LogP contribution in [0.4, 0.5) is 15.2 Å². The van der Waals surface area contributed by atoms with Crippen LogP contribution in [0, 0.1) is 5.82 Å².